The van der Waals surface area contributed by atoms with Gasteiger partial charge in [-0.1, -0.05) is 51.1 Å². The van der Waals surface area contributed by atoms with Crippen LogP contribution in [0, 0.1) is 5.82 Å². The molecule has 0 saturated carbocycles. The number of carbonyl (C=O) groups is 1. The second kappa shape index (κ2) is 9.72. The van der Waals surface area contributed by atoms with Crippen LogP contribution in [0.4, 0.5) is 4.39 Å². The molecule has 0 aliphatic carbocycles. The molecule has 0 fully saturated rings. The van der Waals surface area contributed by atoms with Crippen LogP contribution in [0.5, 0.6) is 0 Å². The minimum absolute atomic E-state index is 0.160. The standard InChI is InChI=1S/C24H27FN4O3/c1-5-16(4)26-22(30)21-23(31)28(14-18-8-6-7-9-20(18)25)24(32)29(27-21)19-12-10-17(11-13-19)15(2)3/h6-13,15-16H,5,14H2,1-4H3,(H,26,30). The van der Waals surface area contributed by atoms with Crippen LogP contribution in [-0.4, -0.2) is 26.3 Å². The molecule has 0 aliphatic heterocycles. The first-order valence-corrected chi connectivity index (χ1v) is 10.6. The predicted octanol–water partition coefficient (Wildman–Crippen LogP) is 3.23. The first kappa shape index (κ1) is 23.1. The number of nitrogens with zero attached hydrogens (tertiary/aromatic N) is 3. The Hall–Kier alpha value is -3.55. The lowest BCUT2D eigenvalue weighted by Gasteiger charge is -2.15. The second-order valence-electron chi connectivity index (χ2n) is 8.05. The van der Waals surface area contributed by atoms with Crippen LogP contribution in [0.25, 0.3) is 5.69 Å². The largest absolute Gasteiger partial charge is 0.352 e. The summed E-state index contributed by atoms with van der Waals surface area (Å²) in [5.41, 5.74) is -0.415. The Balaban J connectivity index is 2.19. The summed E-state index contributed by atoms with van der Waals surface area (Å²) in [4.78, 5) is 39.0. The molecule has 0 aliphatic rings. The number of amides is 1. The highest BCUT2D eigenvalue weighted by Crippen LogP contribution is 2.16. The lowest BCUT2D eigenvalue weighted by Crippen LogP contribution is -2.47. The maximum atomic E-state index is 14.2. The maximum Gasteiger partial charge on any atom is 0.352 e. The number of hydrogen-bond acceptors (Lipinski definition) is 4. The van der Waals surface area contributed by atoms with Gasteiger partial charge in [0.2, 0.25) is 5.69 Å². The van der Waals surface area contributed by atoms with Crippen molar-refractivity contribution in [2.75, 3.05) is 0 Å². The molecular weight excluding hydrogens is 411 g/mol. The third kappa shape index (κ3) is 4.85. The summed E-state index contributed by atoms with van der Waals surface area (Å²) in [7, 11) is 0. The van der Waals surface area contributed by atoms with Crippen molar-refractivity contribution >= 4 is 5.91 Å². The van der Waals surface area contributed by atoms with Gasteiger partial charge in [-0.25, -0.2) is 9.18 Å². The van der Waals surface area contributed by atoms with E-state index in [9.17, 15) is 18.8 Å². The Labute approximate surface area is 185 Å². The van der Waals surface area contributed by atoms with Crippen molar-refractivity contribution in [3.63, 3.8) is 0 Å². The average molecular weight is 439 g/mol. The molecule has 168 valence electrons. The minimum atomic E-state index is -0.867. The van der Waals surface area contributed by atoms with Gasteiger partial charge in [0.05, 0.1) is 12.2 Å². The van der Waals surface area contributed by atoms with Gasteiger partial charge in [-0.3, -0.25) is 14.2 Å². The molecule has 0 bridgehead atoms. The fraction of sp³-hybridized carbons (Fsp3) is 0.333. The summed E-state index contributed by atoms with van der Waals surface area (Å²) in [5, 5.41) is 6.80. The van der Waals surface area contributed by atoms with Crippen molar-refractivity contribution in [2.24, 2.45) is 0 Å². The van der Waals surface area contributed by atoms with Crippen LogP contribution in [-0.2, 0) is 6.54 Å². The number of carbonyl (C=O) groups excluding carboxylic acids is 1. The summed E-state index contributed by atoms with van der Waals surface area (Å²) in [5.74, 6) is -0.936. The van der Waals surface area contributed by atoms with Crippen molar-refractivity contribution in [2.45, 2.75) is 52.6 Å². The highest BCUT2D eigenvalue weighted by Gasteiger charge is 2.22. The second-order valence-corrected chi connectivity index (χ2v) is 8.05. The molecule has 1 heterocycles. The normalized spacial score (nSPS) is 12.1. The summed E-state index contributed by atoms with van der Waals surface area (Å²) in [6.45, 7) is 7.47. The van der Waals surface area contributed by atoms with Crippen molar-refractivity contribution in [3.05, 3.63) is 92.0 Å². The van der Waals surface area contributed by atoms with Gasteiger partial charge in [0.15, 0.2) is 0 Å². The van der Waals surface area contributed by atoms with Gasteiger partial charge >= 0.3 is 5.69 Å². The zero-order valence-corrected chi connectivity index (χ0v) is 18.6. The molecule has 0 saturated heterocycles. The van der Waals surface area contributed by atoms with Crippen LogP contribution in [0.3, 0.4) is 0 Å². The Kier molecular flexibility index (Phi) is 7.02. The third-order valence-corrected chi connectivity index (χ3v) is 5.36. The Morgan fingerprint density at radius 3 is 2.31 bits per heavy atom. The molecule has 0 radical (unpaired) electrons. The van der Waals surface area contributed by atoms with Gasteiger partial charge in [-0.2, -0.15) is 9.78 Å². The lowest BCUT2D eigenvalue weighted by molar-refractivity contribution is 0.0929. The molecule has 1 N–H and O–H groups in total. The first-order valence-electron chi connectivity index (χ1n) is 10.6. The van der Waals surface area contributed by atoms with Gasteiger partial charge in [0, 0.05) is 11.6 Å². The van der Waals surface area contributed by atoms with E-state index in [4.69, 9.17) is 0 Å². The lowest BCUT2D eigenvalue weighted by atomic mass is 10.0. The monoisotopic (exact) mass is 438 g/mol. The quantitative estimate of drug-likeness (QED) is 0.614. The van der Waals surface area contributed by atoms with E-state index in [-0.39, 0.29) is 18.2 Å². The van der Waals surface area contributed by atoms with E-state index in [1.807, 2.05) is 32.9 Å². The first-order chi connectivity index (χ1) is 15.2. The Bertz CT molecular complexity index is 1230. The molecule has 8 heteroatoms. The van der Waals surface area contributed by atoms with Gasteiger partial charge in [-0.05, 0) is 43.0 Å². The third-order valence-electron chi connectivity index (χ3n) is 5.36. The maximum absolute atomic E-state index is 14.2. The Morgan fingerprint density at radius 1 is 1.06 bits per heavy atom. The van der Waals surface area contributed by atoms with E-state index in [1.165, 1.54) is 18.2 Å². The zero-order valence-electron chi connectivity index (χ0n) is 18.6. The highest BCUT2D eigenvalue weighted by molar-refractivity contribution is 5.91. The summed E-state index contributed by atoms with van der Waals surface area (Å²) < 4.78 is 16.1. The molecule has 3 rings (SSSR count). The van der Waals surface area contributed by atoms with E-state index < -0.39 is 28.7 Å². The molecule has 1 unspecified atom stereocenters. The topological polar surface area (TPSA) is 86.0 Å². The van der Waals surface area contributed by atoms with E-state index in [2.05, 4.69) is 10.4 Å². The van der Waals surface area contributed by atoms with E-state index in [0.29, 0.717) is 18.0 Å². The van der Waals surface area contributed by atoms with E-state index in [1.54, 1.807) is 25.1 Å². The zero-order chi connectivity index (χ0) is 23.4. The van der Waals surface area contributed by atoms with Gasteiger partial charge in [0.1, 0.15) is 5.82 Å². The summed E-state index contributed by atoms with van der Waals surface area (Å²) in [6, 6.07) is 12.8. The summed E-state index contributed by atoms with van der Waals surface area (Å²) >= 11 is 0. The minimum Gasteiger partial charge on any atom is -0.348 e. The molecule has 3 aromatic rings. The number of halogens is 1. The fourth-order valence-corrected chi connectivity index (χ4v) is 3.16. The molecule has 7 nitrogen and oxygen atoms in total. The molecule has 2 aromatic carbocycles. The van der Waals surface area contributed by atoms with E-state index in [0.717, 1.165) is 14.8 Å². The van der Waals surface area contributed by atoms with Crippen LogP contribution in [0.15, 0.2) is 58.1 Å². The average Bonchev–Trinajstić information content (AvgIpc) is 2.77. The van der Waals surface area contributed by atoms with Crippen LogP contribution in [0.1, 0.15) is 61.6 Å². The number of nitrogens with one attached hydrogen (secondary N) is 1. The molecule has 32 heavy (non-hydrogen) atoms. The fourth-order valence-electron chi connectivity index (χ4n) is 3.16. The van der Waals surface area contributed by atoms with Crippen LogP contribution >= 0.6 is 0 Å². The molecule has 1 amide bonds. The van der Waals surface area contributed by atoms with Crippen molar-refractivity contribution < 1.29 is 9.18 Å². The summed E-state index contributed by atoms with van der Waals surface area (Å²) in [6.07, 6.45) is 0.658. The van der Waals surface area contributed by atoms with Gasteiger partial charge < -0.3 is 5.32 Å². The molecule has 1 aromatic heterocycles. The highest BCUT2D eigenvalue weighted by atomic mass is 19.1. The van der Waals surface area contributed by atoms with Crippen LogP contribution < -0.4 is 16.6 Å². The smallest absolute Gasteiger partial charge is 0.348 e. The molecule has 0 spiro atoms. The Morgan fingerprint density at radius 2 is 1.72 bits per heavy atom. The number of aromatic nitrogens is 3. The predicted molar refractivity (Wildman–Crippen MR) is 121 cm³/mol. The molecule has 1 atom stereocenters. The van der Waals surface area contributed by atoms with Crippen molar-refractivity contribution in [1.29, 1.82) is 0 Å². The van der Waals surface area contributed by atoms with Crippen molar-refractivity contribution in [3.8, 4) is 5.69 Å². The number of hydrogen-bond donors (Lipinski definition) is 1. The van der Waals surface area contributed by atoms with Gasteiger partial charge in [-0.15, -0.1) is 0 Å². The van der Waals surface area contributed by atoms with Crippen LogP contribution in [0.2, 0.25) is 0 Å². The van der Waals surface area contributed by atoms with Crippen molar-refractivity contribution in [1.82, 2.24) is 19.7 Å². The number of rotatable bonds is 7. The van der Waals surface area contributed by atoms with Gasteiger partial charge in [0.25, 0.3) is 11.5 Å². The van der Waals surface area contributed by atoms with E-state index >= 15 is 0 Å². The molecular formula is C24H27FN4O3. The SMILES string of the molecule is CCC(C)NC(=O)c1nn(-c2ccc(C(C)C)cc2)c(=O)n(Cc2ccccc2F)c1=O. The number of benzene rings is 2.